The molecule has 0 unspecified atom stereocenters. The van der Waals surface area contributed by atoms with Crippen molar-refractivity contribution in [3.05, 3.63) is 116 Å². The van der Waals surface area contributed by atoms with Gasteiger partial charge in [0.05, 0.1) is 5.52 Å². The monoisotopic (exact) mass is 412 g/mol. The zero-order valence-electron chi connectivity index (χ0n) is 17.8. The Morgan fingerprint density at radius 1 is 0.656 bits per heavy atom. The van der Waals surface area contributed by atoms with Crippen LogP contribution in [0.5, 0.6) is 0 Å². The van der Waals surface area contributed by atoms with Crippen LogP contribution in [0.1, 0.15) is 0 Å². The number of nitrogens with zero attached hydrogens (tertiary/aromatic N) is 3. The van der Waals surface area contributed by atoms with Crippen LogP contribution in [0.4, 0.5) is 0 Å². The highest BCUT2D eigenvalue weighted by molar-refractivity contribution is 6.07. The van der Waals surface area contributed by atoms with Gasteiger partial charge in [-0.25, -0.2) is 9.55 Å². The van der Waals surface area contributed by atoms with E-state index >= 15 is 0 Å². The summed E-state index contributed by atoms with van der Waals surface area (Å²) in [5.74, 6) is 0. The van der Waals surface area contributed by atoms with Gasteiger partial charge in [0.1, 0.15) is 12.7 Å². The van der Waals surface area contributed by atoms with Gasteiger partial charge in [-0.1, -0.05) is 48.5 Å². The summed E-state index contributed by atoms with van der Waals surface area (Å²) in [7, 11) is 2.09. The van der Waals surface area contributed by atoms with Crippen LogP contribution in [-0.4, -0.2) is 9.55 Å². The van der Waals surface area contributed by atoms with Crippen LogP contribution in [0.25, 0.3) is 50.0 Å². The van der Waals surface area contributed by atoms with Crippen molar-refractivity contribution in [2.75, 3.05) is 0 Å². The molecule has 0 bridgehead atoms. The molecule has 152 valence electrons. The Morgan fingerprint density at radius 3 is 2.28 bits per heavy atom. The van der Waals surface area contributed by atoms with Gasteiger partial charge in [0.15, 0.2) is 6.20 Å². The molecule has 0 radical (unpaired) electrons. The first-order valence-electron chi connectivity index (χ1n) is 10.8. The van der Waals surface area contributed by atoms with Crippen LogP contribution < -0.4 is 4.57 Å². The van der Waals surface area contributed by atoms with Crippen molar-refractivity contribution < 1.29 is 4.57 Å². The Hall–Kier alpha value is -4.24. The van der Waals surface area contributed by atoms with Crippen LogP contribution in [-0.2, 0) is 7.05 Å². The molecule has 0 atom stereocenters. The number of fused-ring (bicyclic) bond motifs is 3. The molecule has 0 saturated carbocycles. The Bertz CT molecular complexity index is 1530. The number of aromatic nitrogens is 3. The van der Waals surface area contributed by atoms with E-state index in [1.54, 1.807) is 0 Å². The Morgan fingerprint density at radius 2 is 1.41 bits per heavy atom. The Balaban J connectivity index is 1.70. The Labute approximate surface area is 186 Å². The van der Waals surface area contributed by atoms with Crippen molar-refractivity contribution in [1.29, 1.82) is 0 Å². The predicted molar refractivity (Wildman–Crippen MR) is 131 cm³/mol. The first-order valence-corrected chi connectivity index (χ1v) is 10.8. The highest BCUT2D eigenvalue weighted by Crippen LogP contribution is 2.34. The van der Waals surface area contributed by atoms with Gasteiger partial charge in [0.2, 0.25) is 5.69 Å². The smallest absolute Gasteiger partial charge is 0.212 e. The van der Waals surface area contributed by atoms with Crippen molar-refractivity contribution in [1.82, 2.24) is 9.55 Å². The average Bonchev–Trinajstić information content (AvgIpc) is 3.19. The van der Waals surface area contributed by atoms with E-state index in [1.807, 2.05) is 12.3 Å². The molecule has 0 amide bonds. The normalized spacial score (nSPS) is 11.3. The van der Waals surface area contributed by atoms with E-state index in [2.05, 4.69) is 119 Å². The number of para-hydroxylation sites is 1. The van der Waals surface area contributed by atoms with Gasteiger partial charge < -0.3 is 0 Å². The summed E-state index contributed by atoms with van der Waals surface area (Å²) in [4.78, 5) is 4.77. The average molecular weight is 413 g/mol. The van der Waals surface area contributed by atoms with Crippen molar-refractivity contribution in [2.45, 2.75) is 0 Å². The maximum absolute atomic E-state index is 4.77. The summed E-state index contributed by atoms with van der Waals surface area (Å²) in [5, 5.41) is 2.38. The lowest BCUT2D eigenvalue weighted by Crippen LogP contribution is -2.29. The van der Waals surface area contributed by atoms with Gasteiger partial charge in [-0.3, -0.25) is 4.57 Å². The molecule has 0 aliphatic carbocycles. The van der Waals surface area contributed by atoms with Crippen molar-refractivity contribution >= 4 is 21.9 Å². The molecular formula is C29H22N3+. The maximum Gasteiger partial charge on any atom is 0.212 e. The third kappa shape index (κ3) is 2.98. The zero-order valence-corrected chi connectivity index (χ0v) is 17.8. The summed E-state index contributed by atoms with van der Waals surface area (Å²) in [5.41, 5.74) is 7.96. The molecule has 32 heavy (non-hydrogen) atoms. The molecule has 3 aromatic heterocycles. The van der Waals surface area contributed by atoms with Crippen LogP contribution in [0, 0.1) is 0 Å². The van der Waals surface area contributed by atoms with E-state index in [9.17, 15) is 0 Å². The molecule has 3 heteroatoms. The van der Waals surface area contributed by atoms with Crippen molar-refractivity contribution in [3.8, 4) is 28.1 Å². The Kier molecular flexibility index (Phi) is 4.32. The molecular weight excluding hydrogens is 390 g/mol. The second kappa shape index (κ2) is 7.47. The van der Waals surface area contributed by atoms with Gasteiger partial charge >= 0.3 is 0 Å². The molecule has 0 fully saturated rings. The number of pyridine rings is 2. The van der Waals surface area contributed by atoms with E-state index in [0.717, 1.165) is 16.9 Å². The van der Waals surface area contributed by atoms with E-state index < -0.39 is 0 Å². The number of rotatable bonds is 3. The lowest BCUT2D eigenvalue weighted by Gasteiger charge is -2.12. The summed E-state index contributed by atoms with van der Waals surface area (Å²) >= 11 is 0. The number of hydrogen-bond acceptors (Lipinski definition) is 1. The predicted octanol–water partition coefficient (Wildman–Crippen LogP) is 6.34. The second-order valence-corrected chi connectivity index (χ2v) is 8.06. The third-order valence-electron chi connectivity index (χ3n) is 6.07. The van der Waals surface area contributed by atoms with Crippen LogP contribution in [0.15, 0.2) is 116 Å². The molecule has 6 aromatic rings. The fourth-order valence-electron chi connectivity index (χ4n) is 4.57. The zero-order chi connectivity index (χ0) is 21.5. The molecule has 3 heterocycles. The van der Waals surface area contributed by atoms with E-state index in [4.69, 9.17) is 4.98 Å². The minimum Gasteiger partial charge on any atom is -0.294 e. The van der Waals surface area contributed by atoms with E-state index in [0.29, 0.717) is 0 Å². The quantitative estimate of drug-likeness (QED) is 0.311. The maximum atomic E-state index is 4.77. The molecule has 6 rings (SSSR count). The molecule has 0 aliphatic heterocycles. The molecule has 3 nitrogen and oxygen atoms in total. The van der Waals surface area contributed by atoms with Gasteiger partial charge in [0, 0.05) is 40.4 Å². The molecule has 0 aliphatic rings. The summed E-state index contributed by atoms with van der Waals surface area (Å²) in [6.07, 6.45) is 3.96. The van der Waals surface area contributed by atoms with Gasteiger partial charge in [-0.2, -0.15) is 0 Å². The lowest BCUT2D eigenvalue weighted by atomic mass is 10.00. The minimum atomic E-state index is 0.974. The fraction of sp³-hybridized carbons (Fsp3) is 0.0345. The standard InChI is InChI=1S/C29H22N3/c1-31-17-8-7-14-27(31)23-18-22(21-10-3-2-4-11-21)19-24(20-23)32-28-15-6-5-12-25(28)26-13-9-16-30-29(26)32/h2-20H,1H3/q+1. The first-order chi connectivity index (χ1) is 15.8. The van der Waals surface area contributed by atoms with Crippen molar-refractivity contribution in [2.24, 2.45) is 7.05 Å². The molecule has 3 aromatic carbocycles. The fourth-order valence-corrected chi connectivity index (χ4v) is 4.57. The summed E-state index contributed by atoms with van der Waals surface area (Å²) in [6, 6.07) is 36.4. The second-order valence-electron chi connectivity index (χ2n) is 8.06. The van der Waals surface area contributed by atoms with Gasteiger partial charge in [-0.15, -0.1) is 0 Å². The lowest BCUT2D eigenvalue weighted by molar-refractivity contribution is -0.660. The highest BCUT2D eigenvalue weighted by Gasteiger charge is 2.17. The first kappa shape index (κ1) is 18.5. The molecule has 0 saturated heterocycles. The number of benzene rings is 3. The van der Waals surface area contributed by atoms with Crippen LogP contribution in [0.3, 0.4) is 0 Å². The number of hydrogen-bond donors (Lipinski definition) is 0. The van der Waals surface area contributed by atoms with E-state index in [-0.39, 0.29) is 0 Å². The van der Waals surface area contributed by atoms with Crippen molar-refractivity contribution in [3.63, 3.8) is 0 Å². The summed E-state index contributed by atoms with van der Waals surface area (Å²) < 4.78 is 4.45. The number of aryl methyl sites for hydroxylation is 1. The topological polar surface area (TPSA) is 21.7 Å². The third-order valence-corrected chi connectivity index (χ3v) is 6.07. The SMILES string of the molecule is C[n+]1ccccc1-c1cc(-c2ccccc2)cc(-n2c3ccccc3c3cccnc32)c1. The molecule has 0 spiro atoms. The van der Waals surface area contributed by atoms with E-state index in [1.165, 1.54) is 33.2 Å². The summed E-state index contributed by atoms with van der Waals surface area (Å²) in [6.45, 7) is 0. The van der Waals surface area contributed by atoms with Gasteiger partial charge in [0.25, 0.3) is 0 Å². The van der Waals surface area contributed by atoms with Crippen LogP contribution >= 0.6 is 0 Å². The largest absolute Gasteiger partial charge is 0.294 e. The molecule has 0 N–H and O–H groups in total. The highest BCUT2D eigenvalue weighted by atomic mass is 15.0. The minimum absolute atomic E-state index is 0.974. The van der Waals surface area contributed by atoms with Gasteiger partial charge in [-0.05, 0) is 53.6 Å². The van der Waals surface area contributed by atoms with Crippen LogP contribution in [0.2, 0.25) is 0 Å².